The van der Waals surface area contributed by atoms with Crippen molar-refractivity contribution in [3.05, 3.63) is 40.5 Å². The molecule has 3 N–H and O–H groups in total. The van der Waals surface area contributed by atoms with E-state index in [1.165, 1.54) is 0 Å². The monoisotopic (exact) mass is 498 g/mol. The number of anilines is 1. The molecule has 0 spiro atoms. The maximum absolute atomic E-state index is 11.5. The highest BCUT2D eigenvalue weighted by atomic mass is 79.9. The van der Waals surface area contributed by atoms with Gasteiger partial charge in [-0.25, -0.2) is 9.97 Å². The smallest absolute Gasteiger partial charge is 0.220 e. The lowest BCUT2D eigenvalue weighted by Crippen LogP contribution is -2.42. The topological polar surface area (TPSA) is 85.9 Å². The van der Waals surface area contributed by atoms with Gasteiger partial charge >= 0.3 is 0 Å². The summed E-state index contributed by atoms with van der Waals surface area (Å²) < 4.78 is 0.930. The number of hydrogen-bond acceptors (Lipinski definition) is 5. The molecule has 1 aliphatic heterocycles. The highest BCUT2D eigenvalue weighted by Gasteiger charge is 2.23. The average molecular weight is 499 g/mol. The molecule has 1 fully saturated rings. The van der Waals surface area contributed by atoms with Crippen LogP contribution in [0.3, 0.4) is 0 Å². The maximum Gasteiger partial charge on any atom is 0.220 e. The van der Waals surface area contributed by atoms with E-state index >= 15 is 0 Å². The van der Waals surface area contributed by atoms with E-state index in [1.807, 2.05) is 18.3 Å². The molecule has 3 aromatic rings. The third kappa shape index (κ3) is 5.13. The third-order valence-electron chi connectivity index (χ3n) is 6.22. The lowest BCUT2D eigenvalue weighted by Gasteiger charge is -2.35. The number of benzene rings is 1. The molecule has 7 nitrogen and oxygen atoms in total. The van der Waals surface area contributed by atoms with Crippen LogP contribution in [0.25, 0.3) is 22.6 Å². The van der Waals surface area contributed by atoms with E-state index in [0.717, 1.165) is 70.6 Å². The second-order valence-corrected chi connectivity index (χ2v) is 9.54. The minimum Gasteiger partial charge on any atom is -0.379 e. The number of imidazole rings is 1. The summed E-state index contributed by atoms with van der Waals surface area (Å²) in [5.41, 5.74) is 4.75. The molecule has 0 atom stereocenters. The predicted molar refractivity (Wildman–Crippen MR) is 133 cm³/mol. The molecule has 170 valence electrons. The molecule has 1 aromatic carbocycles. The number of aromatic nitrogens is 3. The molecule has 0 bridgehead atoms. The number of aryl methyl sites for hydroxylation is 1. The summed E-state index contributed by atoms with van der Waals surface area (Å²) in [4.78, 5) is 26.8. The molecule has 0 unspecified atom stereocenters. The number of carbonyl (C=O) groups excluding carboxylic acids is 1. The molecule has 4 rings (SSSR count). The van der Waals surface area contributed by atoms with Crippen LogP contribution in [-0.4, -0.2) is 58.0 Å². The molecule has 0 saturated carbocycles. The first-order valence-electron chi connectivity index (χ1n) is 11.3. The number of hydrogen-bond donors (Lipinski definition) is 3. The van der Waals surface area contributed by atoms with Crippen molar-refractivity contribution in [2.75, 3.05) is 25.5 Å². The molecular weight excluding hydrogens is 468 g/mol. The molecule has 1 amide bonds. The van der Waals surface area contributed by atoms with Crippen molar-refractivity contribution in [1.82, 2.24) is 25.2 Å². The second kappa shape index (κ2) is 10.0. The largest absolute Gasteiger partial charge is 0.379 e. The van der Waals surface area contributed by atoms with Crippen molar-refractivity contribution < 1.29 is 4.79 Å². The van der Waals surface area contributed by atoms with E-state index in [4.69, 9.17) is 4.98 Å². The van der Waals surface area contributed by atoms with E-state index in [2.05, 4.69) is 67.4 Å². The summed E-state index contributed by atoms with van der Waals surface area (Å²) in [6.45, 7) is 6.74. The Morgan fingerprint density at radius 2 is 1.97 bits per heavy atom. The molecule has 3 heterocycles. The molecular formula is C24H31BrN6O. The zero-order chi connectivity index (χ0) is 22.7. The van der Waals surface area contributed by atoms with Crippen LogP contribution in [0.2, 0.25) is 0 Å². The molecule has 1 aliphatic rings. The number of fused-ring (bicyclic) bond motifs is 1. The summed E-state index contributed by atoms with van der Waals surface area (Å²) in [5, 5.41) is 6.38. The quantitative estimate of drug-likeness (QED) is 0.450. The SMILES string of the molecule is CNC(=O)CCc1ccc(-c2nc3c(NC4CCN(C(C)C)CC4)c(Br)cnc3[nH]2)cc1. The van der Waals surface area contributed by atoms with Crippen LogP contribution in [0.1, 0.15) is 38.7 Å². The van der Waals surface area contributed by atoms with Crippen molar-refractivity contribution in [3.8, 4) is 11.4 Å². The lowest BCUT2D eigenvalue weighted by atomic mass is 10.0. The van der Waals surface area contributed by atoms with Crippen LogP contribution >= 0.6 is 15.9 Å². The Morgan fingerprint density at radius 3 is 2.62 bits per heavy atom. The Morgan fingerprint density at radius 1 is 1.25 bits per heavy atom. The first kappa shape index (κ1) is 22.7. The Hall–Kier alpha value is -2.45. The fourth-order valence-electron chi connectivity index (χ4n) is 4.18. The number of halogens is 1. The average Bonchev–Trinajstić information content (AvgIpc) is 3.24. The van der Waals surface area contributed by atoms with E-state index in [9.17, 15) is 4.79 Å². The van der Waals surface area contributed by atoms with Crippen LogP contribution < -0.4 is 10.6 Å². The van der Waals surface area contributed by atoms with Gasteiger partial charge in [0.2, 0.25) is 5.91 Å². The summed E-state index contributed by atoms with van der Waals surface area (Å²) in [6.07, 6.45) is 5.27. The van der Waals surface area contributed by atoms with Gasteiger partial charge < -0.3 is 20.5 Å². The van der Waals surface area contributed by atoms with E-state index in [-0.39, 0.29) is 5.91 Å². The van der Waals surface area contributed by atoms with E-state index in [0.29, 0.717) is 18.5 Å². The van der Waals surface area contributed by atoms with Gasteiger partial charge in [0, 0.05) is 50.4 Å². The van der Waals surface area contributed by atoms with Crippen LogP contribution in [0.4, 0.5) is 5.69 Å². The zero-order valence-electron chi connectivity index (χ0n) is 18.9. The first-order chi connectivity index (χ1) is 15.4. The van der Waals surface area contributed by atoms with Gasteiger partial charge in [-0.05, 0) is 54.6 Å². The summed E-state index contributed by atoms with van der Waals surface area (Å²) in [7, 11) is 1.66. The van der Waals surface area contributed by atoms with Crippen LogP contribution in [0.15, 0.2) is 34.9 Å². The minimum absolute atomic E-state index is 0.0536. The number of amides is 1. The van der Waals surface area contributed by atoms with Crippen LogP contribution in [-0.2, 0) is 11.2 Å². The number of piperidine rings is 1. The Kier molecular flexibility index (Phi) is 7.10. The summed E-state index contributed by atoms with van der Waals surface area (Å²) in [6, 6.07) is 9.21. The van der Waals surface area contributed by atoms with E-state index in [1.54, 1.807) is 7.05 Å². The van der Waals surface area contributed by atoms with Gasteiger partial charge in [0.1, 0.15) is 11.3 Å². The van der Waals surface area contributed by atoms with Crippen molar-refractivity contribution >= 4 is 38.7 Å². The predicted octanol–water partition coefficient (Wildman–Crippen LogP) is 4.35. The van der Waals surface area contributed by atoms with Gasteiger partial charge in [-0.2, -0.15) is 0 Å². The number of likely N-dealkylation sites (tertiary alicyclic amines) is 1. The molecule has 0 radical (unpaired) electrons. The number of pyridine rings is 1. The molecule has 2 aromatic heterocycles. The van der Waals surface area contributed by atoms with Crippen molar-refractivity contribution in [1.29, 1.82) is 0 Å². The molecule has 32 heavy (non-hydrogen) atoms. The molecule has 8 heteroatoms. The number of nitrogens with zero attached hydrogens (tertiary/aromatic N) is 3. The Bertz CT molecular complexity index is 1070. The fraction of sp³-hybridized carbons (Fsp3) is 0.458. The number of nitrogens with one attached hydrogen (secondary N) is 3. The number of rotatable bonds is 7. The summed E-state index contributed by atoms with van der Waals surface area (Å²) in [5.74, 6) is 0.846. The zero-order valence-corrected chi connectivity index (χ0v) is 20.5. The van der Waals surface area contributed by atoms with E-state index < -0.39 is 0 Å². The van der Waals surface area contributed by atoms with Gasteiger partial charge in [0.25, 0.3) is 0 Å². The number of carbonyl (C=O) groups is 1. The maximum atomic E-state index is 11.5. The van der Waals surface area contributed by atoms with Crippen molar-refractivity contribution in [2.24, 2.45) is 0 Å². The first-order valence-corrected chi connectivity index (χ1v) is 12.1. The van der Waals surface area contributed by atoms with Crippen LogP contribution in [0, 0.1) is 0 Å². The van der Waals surface area contributed by atoms with Gasteiger partial charge in [-0.15, -0.1) is 0 Å². The normalized spacial score (nSPS) is 15.4. The van der Waals surface area contributed by atoms with Crippen molar-refractivity contribution in [3.63, 3.8) is 0 Å². The lowest BCUT2D eigenvalue weighted by molar-refractivity contribution is -0.120. The standard InChI is InChI=1S/C24H31BrN6O/c1-15(2)31-12-10-18(11-13-31)28-21-19(25)14-27-24-22(21)29-23(30-24)17-7-4-16(5-8-17)6-9-20(32)26-3/h4-5,7-8,14-15,18H,6,9-13H2,1-3H3,(H,26,32)(H2,27,28,29,30). The number of aromatic amines is 1. The molecule has 0 aliphatic carbocycles. The third-order valence-corrected chi connectivity index (χ3v) is 6.82. The molecule has 1 saturated heterocycles. The van der Waals surface area contributed by atoms with Gasteiger partial charge in [-0.1, -0.05) is 24.3 Å². The fourth-order valence-corrected chi connectivity index (χ4v) is 4.59. The van der Waals surface area contributed by atoms with Crippen molar-refractivity contribution in [2.45, 2.75) is 51.6 Å². The second-order valence-electron chi connectivity index (χ2n) is 8.68. The highest BCUT2D eigenvalue weighted by molar-refractivity contribution is 9.10. The minimum atomic E-state index is 0.0536. The summed E-state index contributed by atoms with van der Waals surface area (Å²) >= 11 is 3.67. The van der Waals surface area contributed by atoms with Crippen LogP contribution in [0.5, 0.6) is 0 Å². The van der Waals surface area contributed by atoms with Gasteiger partial charge in [0.05, 0.1) is 10.2 Å². The van der Waals surface area contributed by atoms with Gasteiger partial charge in [0.15, 0.2) is 5.65 Å². The number of H-pyrrole nitrogens is 1. The Labute approximate surface area is 197 Å². The highest BCUT2D eigenvalue weighted by Crippen LogP contribution is 2.32. The Balaban J connectivity index is 1.51. The van der Waals surface area contributed by atoms with Gasteiger partial charge in [-0.3, -0.25) is 4.79 Å².